The number of hydrogen-bond donors (Lipinski definition) is 1. The van der Waals surface area contributed by atoms with Gasteiger partial charge in [-0.05, 0) is 38.1 Å². The molecule has 0 saturated carbocycles. The van der Waals surface area contributed by atoms with E-state index in [0.717, 1.165) is 42.5 Å². The van der Waals surface area contributed by atoms with Crippen LogP contribution < -0.4 is 0 Å². The first-order valence-electron chi connectivity index (χ1n) is 6.17. The number of hydrogen-bond acceptors (Lipinski definition) is 3. The van der Waals surface area contributed by atoms with Crippen LogP contribution in [0, 0.1) is 0 Å². The number of fused-ring (bicyclic) bond motifs is 1. The van der Waals surface area contributed by atoms with Crippen LogP contribution in [0.2, 0.25) is 5.02 Å². The molecule has 0 aliphatic carbocycles. The van der Waals surface area contributed by atoms with Crippen LogP contribution in [0.4, 0.5) is 0 Å². The van der Waals surface area contributed by atoms with Crippen molar-refractivity contribution < 1.29 is 9.52 Å². The molecular weight excluding hydrogens is 250 g/mol. The highest BCUT2D eigenvalue weighted by Crippen LogP contribution is 2.38. The van der Waals surface area contributed by atoms with E-state index in [0.29, 0.717) is 5.02 Å². The van der Waals surface area contributed by atoms with Gasteiger partial charge in [-0.3, -0.25) is 0 Å². The number of piperidine rings is 1. The standard InChI is InChI=1S/C14H16ClNO2/c1-16-6-4-14(17,5-7-16)12-9-18-13-8-10(15)2-3-11(12)13/h2-3,8-9,17H,4-7H2,1H3. The lowest BCUT2D eigenvalue weighted by Gasteiger charge is -2.36. The van der Waals surface area contributed by atoms with Crippen LogP contribution in [0.5, 0.6) is 0 Å². The number of furan rings is 1. The Morgan fingerprint density at radius 3 is 2.78 bits per heavy atom. The second kappa shape index (κ2) is 4.26. The molecule has 18 heavy (non-hydrogen) atoms. The first-order chi connectivity index (χ1) is 8.58. The van der Waals surface area contributed by atoms with Crippen molar-refractivity contribution in [2.24, 2.45) is 0 Å². The zero-order valence-corrected chi connectivity index (χ0v) is 11.1. The normalized spacial score (nSPS) is 20.4. The van der Waals surface area contributed by atoms with E-state index in [2.05, 4.69) is 11.9 Å². The van der Waals surface area contributed by atoms with Gasteiger partial charge in [0.2, 0.25) is 0 Å². The van der Waals surface area contributed by atoms with Crippen LogP contribution >= 0.6 is 11.6 Å². The molecule has 2 heterocycles. The molecule has 0 atom stereocenters. The molecule has 0 unspecified atom stereocenters. The number of halogens is 1. The summed E-state index contributed by atoms with van der Waals surface area (Å²) in [5, 5.41) is 12.4. The Balaban J connectivity index is 2.04. The fourth-order valence-electron chi connectivity index (χ4n) is 2.62. The van der Waals surface area contributed by atoms with E-state index < -0.39 is 5.60 Å². The molecule has 0 amide bonds. The summed E-state index contributed by atoms with van der Waals surface area (Å²) >= 11 is 5.94. The number of nitrogens with zero attached hydrogens (tertiary/aromatic N) is 1. The minimum atomic E-state index is -0.772. The second-order valence-corrected chi connectivity index (χ2v) is 5.56. The van der Waals surface area contributed by atoms with Gasteiger partial charge in [0.05, 0.1) is 11.9 Å². The molecule has 2 aromatic rings. The van der Waals surface area contributed by atoms with E-state index in [4.69, 9.17) is 16.0 Å². The molecule has 0 radical (unpaired) electrons. The van der Waals surface area contributed by atoms with Gasteiger partial charge in [0.1, 0.15) is 5.58 Å². The summed E-state index contributed by atoms with van der Waals surface area (Å²) < 4.78 is 5.52. The smallest absolute Gasteiger partial charge is 0.135 e. The molecule has 1 aliphatic rings. The van der Waals surface area contributed by atoms with Gasteiger partial charge in [-0.2, -0.15) is 0 Å². The molecule has 1 saturated heterocycles. The highest BCUT2D eigenvalue weighted by Gasteiger charge is 2.35. The van der Waals surface area contributed by atoms with Crippen molar-refractivity contribution in [1.29, 1.82) is 0 Å². The molecule has 1 N–H and O–H groups in total. The van der Waals surface area contributed by atoms with Crippen molar-refractivity contribution in [2.45, 2.75) is 18.4 Å². The van der Waals surface area contributed by atoms with Gasteiger partial charge in [-0.25, -0.2) is 0 Å². The lowest BCUT2D eigenvalue weighted by Crippen LogP contribution is -2.40. The Labute approximate surface area is 111 Å². The quantitative estimate of drug-likeness (QED) is 0.861. The number of benzene rings is 1. The monoisotopic (exact) mass is 265 g/mol. The molecule has 96 valence electrons. The van der Waals surface area contributed by atoms with Crippen molar-refractivity contribution >= 4 is 22.6 Å². The summed E-state index contributed by atoms with van der Waals surface area (Å²) in [5.41, 5.74) is 0.859. The highest BCUT2D eigenvalue weighted by molar-refractivity contribution is 6.31. The Hall–Kier alpha value is -1.03. The van der Waals surface area contributed by atoms with E-state index in [-0.39, 0.29) is 0 Å². The maximum absolute atomic E-state index is 10.8. The fraction of sp³-hybridized carbons (Fsp3) is 0.429. The number of rotatable bonds is 1. The predicted molar refractivity (Wildman–Crippen MR) is 71.9 cm³/mol. The van der Waals surface area contributed by atoms with E-state index in [9.17, 15) is 5.11 Å². The average molecular weight is 266 g/mol. The molecule has 1 aromatic carbocycles. The van der Waals surface area contributed by atoms with E-state index in [1.807, 2.05) is 12.1 Å². The lowest BCUT2D eigenvalue weighted by atomic mass is 9.84. The average Bonchev–Trinajstić information content (AvgIpc) is 2.76. The molecule has 1 aliphatic heterocycles. The Morgan fingerprint density at radius 1 is 1.33 bits per heavy atom. The lowest BCUT2D eigenvalue weighted by molar-refractivity contribution is -0.0196. The zero-order chi connectivity index (χ0) is 12.8. The van der Waals surface area contributed by atoms with Crippen molar-refractivity contribution in [2.75, 3.05) is 20.1 Å². The minimum absolute atomic E-state index is 0.652. The van der Waals surface area contributed by atoms with Crippen LogP contribution in [0.3, 0.4) is 0 Å². The van der Waals surface area contributed by atoms with Crippen LogP contribution in [0.1, 0.15) is 18.4 Å². The maximum Gasteiger partial charge on any atom is 0.135 e. The number of likely N-dealkylation sites (tertiary alicyclic amines) is 1. The third-order valence-electron chi connectivity index (χ3n) is 3.85. The van der Waals surface area contributed by atoms with E-state index >= 15 is 0 Å². The second-order valence-electron chi connectivity index (χ2n) is 5.12. The largest absolute Gasteiger partial charge is 0.464 e. The number of aliphatic hydroxyl groups is 1. The van der Waals surface area contributed by atoms with Crippen molar-refractivity contribution in [3.63, 3.8) is 0 Å². The zero-order valence-electron chi connectivity index (χ0n) is 10.3. The summed E-state index contributed by atoms with van der Waals surface area (Å²) in [6.07, 6.45) is 3.15. The predicted octanol–water partition coefficient (Wildman–Crippen LogP) is 3.00. The van der Waals surface area contributed by atoms with Crippen LogP contribution in [-0.4, -0.2) is 30.1 Å². The fourth-order valence-corrected chi connectivity index (χ4v) is 2.78. The topological polar surface area (TPSA) is 36.6 Å². The van der Waals surface area contributed by atoms with Crippen molar-refractivity contribution in [1.82, 2.24) is 4.90 Å². The third kappa shape index (κ3) is 1.92. The van der Waals surface area contributed by atoms with Gasteiger partial charge in [-0.1, -0.05) is 11.6 Å². The van der Waals surface area contributed by atoms with Crippen LogP contribution in [0.15, 0.2) is 28.9 Å². The van der Waals surface area contributed by atoms with Crippen molar-refractivity contribution in [3.05, 3.63) is 35.0 Å². The molecule has 4 heteroatoms. The van der Waals surface area contributed by atoms with E-state index in [1.54, 1.807) is 12.3 Å². The molecular formula is C14H16ClNO2. The van der Waals surface area contributed by atoms with Crippen LogP contribution in [-0.2, 0) is 5.60 Å². The Kier molecular flexibility index (Phi) is 2.85. The minimum Gasteiger partial charge on any atom is -0.464 e. The molecule has 3 rings (SSSR count). The maximum atomic E-state index is 10.8. The summed E-state index contributed by atoms with van der Waals surface area (Å²) in [6.45, 7) is 1.80. The summed E-state index contributed by atoms with van der Waals surface area (Å²) in [6, 6.07) is 5.55. The van der Waals surface area contributed by atoms with Crippen LogP contribution in [0.25, 0.3) is 11.0 Å². The van der Waals surface area contributed by atoms with Gasteiger partial charge in [0, 0.05) is 29.1 Å². The third-order valence-corrected chi connectivity index (χ3v) is 4.09. The molecule has 0 spiro atoms. The van der Waals surface area contributed by atoms with Gasteiger partial charge in [0.25, 0.3) is 0 Å². The Bertz CT molecular complexity index is 570. The molecule has 0 bridgehead atoms. The highest BCUT2D eigenvalue weighted by atomic mass is 35.5. The summed E-state index contributed by atoms with van der Waals surface area (Å²) in [5.74, 6) is 0. The van der Waals surface area contributed by atoms with Gasteiger partial charge in [0.15, 0.2) is 0 Å². The SMILES string of the molecule is CN1CCC(O)(c2coc3cc(Cl)ccc23)CC1. The van der Waals surface area contributed by atoms with Gasteiger partial charge < -0.3 is 14.4 Å². The molecule has 1 fully saturated rings. The first-order valence-corrected chi connectivity index (χ1v) is 6.54. The van der Waals surface area contributed by atoms with E-state index in [1.165, 1.54) is 0 Å². The van der Waals surface area contributed by atoms with Gasteiger partial charge >= 0.3 is 0 Å². The van der Waals surface area contributed by atoms with Gasteiger partial charge in [-0.15, -0.1) is 0 Å². The van der Waals surface area contributed by atoms with Crippen molar-refractivity contribution in [3.8, 4) is 0 Å². The molecule has 3 nitrogen and oxygen atoms in total. The Morgan fingerprint density at radius 2 is 2.06 bits per heavy atom. The summed E-state index contributed by atoms with van der Waals surface area (Å²) in [4.78, 5) is 2.23. The summed E-state index contributed by atoms with van der Waals surface area (Å²) in [7, 11) is 2.08. The molecule has 1 aromatic heterocycles. The first kappa shape index (κ1) is 12.0.